The summed E-state index contributed by atoms with van der Waals surface area (Å²) in [4.78, 5) is 10.1. The first-order chi connectivity index (χ1) is 7.10. The predicted octanol–water partition coefficient (Wildman–Crippen LogP) is 2.07. The summed E-state index contributed by atoms with van der Waals surface area (Å²) in [5, 5.41) is 19.6. The molecule has 4 heteroatoms. The standard InChI is InChI=1S/C11H14NO3/c1-3-9-4-5-10(12(14)15)6-11(9)8(2)7-13/h4-6,8,13H,2-3,7H2,1H3. The molecule has 0 spiro atoms. The lowest BCUT2D eigenvalue weighted by Crippen LogP contribution is -2.04. The van der Waals surface area contributed by atoms with Crippen molar-refractivity contribution in [2.45, 2.75) is 19.3 Å². The van der Waals surface area contributed by atoms with Crippen LogP contribution in [0, 0.1) is 17.0 Å². The molecule has 81 valence electrons. The molecule has 15 heavy (non-hydrogen) atoms. The minimum Gasteiger partial charge on any atom is -0.396 e. The van der Waals surface area contributed by atoms with E-state index in [1.165, 1.54) is 12.1 Å². The van der Waals surface area contributed by atoms with E-state index in [4.69, 9.17) is 5.11 Å². The van der Waals surface area contributed by atoms with Crippen LogP contribution in [0.5, 0.6) is 0 Å². The lowest BCUT2D eigenvalue weighted by molar-refractivity contribution is -0.384. The molecule has 0 saturated heterocycles. The van der Waals surface area contributed by atoms with Crippen LogP contribution in [0.3, 0.4) is 0 Å². The van der Waals surface area contributed by atoms with Gasteiger partial charge in [-0.1, -0.05) is 13.0 Å². The van der Waals surface area contributed by atoms with E-state index in [2.05, 4.69) is 6.92 Å². The van der Waals surface area contributed by atoms with Crippen molar-refractivity contribution in [3.05, 3.63) is 46.4 Å². The molecule has 1 radical (unpaired) electrons. The Morgan fingerprint density at radius 1 is 1.60 bits per heavy atom. The van der Waals surface area contributed by atoms with E-state index in [0.29, 0.717) is 0 Å². The van der Waals surface area contributed by atoms with E-state index in [1.54, 1.807) is 6.07 Å². The van der Waals surface area contributed by atoms with Crippen LogP contribution < -0.4 is 0 Å². The lowest BCUT2D eigenvalue weighted by atomic mass is 9.94. The Morgan fingerprint density at radius 3 is 2.73 bits per heavy atom. The van der Waals surface area contributed by atoms with Gasteiger partial charge in [0.05, 0.1) is 4.92 Å². The summed E-state index contributed by atoms with van der Waals surface area (Å²) in [6.07, 6.45) is 0.777. The van der Waals surface area contributed by atoms with E-state index >= 15 is 0 Å². The van der Waals surface area contributed by atoms with Crippen molar-refractivity contribution in [3.63, 3.8) is 0 Å². The highest BCUT2D eigenvalue weighted by atomic mass is 16.6. The molecule has 1 rings (SSSR count). The van der Waals surface area contributed by atoms with Crippen molar-refractivity contribution >= 4 is 5.69 Å². The van der Waals surface area contributed by atoms with Gasteiger partial charge in [0.1, 0.15) is 0 Å². The van der Waals surface area contributed by atoms with E-state index in [9.17, 15) is 10.1 Å². The normalized spacial score (nSPS) is 12.5. The summed E-state index contributed by atoms with van der Waals surface area (Å²) in [5.41, 5.74) is 1.80. The van der Waals surface area contributed by atoms with Gasteiger partial charge in [0.2, 0.25) is 0 Å². The second-order valence-corrected chi connectivity index (χ2v) is 3.37. The molecule has 1 aromatic rings. The van der Waals surface area contributed by atoms with E-state index in [1.807, 2.05) is 6.92 Å². The van der Waals surface area contributed by atoms with Gasteiger partial charge in [-0.15, -0.1) is 0 Å². The minimum atomic E-state index is -0.437. The highest BCUT2D eigenvalue weighted by Gasteiger charge is 2.14. The fraction of sp³-hybridized carbons (Fsp3) is 0.364. The Bertz CT molecular complexity index is 363. The predicted molar refractivity (Wildman–Crippen MR) is 57.7 cm³/mol. The van der Waals surface area contributed by atoms with Crippen molar-refractivity contribution in [2.75, 3.05) is 6.61 Å². The summed E-state index contributed by atoms with van der Waals surface area (Å²) >= 11 is 0. The van der Waals surface area contributed by atoms with Crippen LogP contribution >= 0.6 is 0 Å². The SMILES string of the molecule is [CH2]C(CO)c1cc([N+](=O)[O-])ccc1CC. The number of benzene rings is 1. The van der Waals surface area contributed by atoms with Gasteiger partial charge < -0.3 is 5.11 Å². The Balaban J connectivity index is 3.18. The lowest BCUT2D eigenvalue weighted by Gasteiger charge is -2.12. The summed E-state index contributed by atoms with van der Waals surface area (Å²) in [6, 6.07) is 4.69. The van der Waals surface area contributed by atoms with Gasteiger partial charge in [-0.2, -0.15) is 0 Å². The van der Waals surface area contributed by atoms with Gasteiger partial charge in [0, 0.05) is 24.7 Å². The zero-order valence-electron chi connectivity index (χ0n) is 8.64. The van der Waals surface area contributed by atoms with Crippen LogP contribution in [-0.2, 0) is 6.42 Å². The Morgan fingerprint density at radius 2 is 2.27 bits per heavy atom. The molecule has 0 aliphatic heterocycles. The minimum absolute atomic E-state index is 0.0456. The van der Waals surface area contributed by atoms with Crippen molar-refractivity contribution in [1.82, 2.24) is 0 Å². The van der Waals surface area contributed by atoms with Gasteiger partial charge in [0.25, 0.3) is 5.69 Å². The third kappa shape index (κ3) is 2.53. The number of hydrogen-bond acceptors (Lipinski definition) is 3. The first-order valence-corrected chi connectivity index (χ1v) is 4.81. The van der Waals surface area contributed by atoms with E-state index in [0.717, 1.165) is 17.5 Å². The van der Waals surface area contributed by atoms with Crippen LogP contribution in [0.4, 0.5) is 5.69 Å². The molecule has 0 heterocycles. The molecule has 4 nitrogen and oxygen atoms in total. The van der Waals surface area contributed by atoms with Crippen LogP contribution in [0.2, 0.25) is 0 Å². The van der Waals surface area contributed by atoms with E-state index in [-0.39, 0.29) is 18.2 Å². The number of aryl methyl sites for hydroxylation is 1. The molecule has 0 aliphatic rings. The number of nitro benzene ring substituents is 1. The molecule has 0 aromatic heterocycles. The van der Waals surface area contributed by atoms with E-state index < -0.39 is 4.92 Å². The summed E-state index contributed by atoms with van der Waals surface area (Å²) in [5.74, 6) is -0.306. The zero-order chi connectivity index (χ0) is 11.4. The van der Waals surface area contributed by atoms with Gasteiger partial charge >= 0.3 is 0 Å². The van der Waals surface area contributed by atoms with Crippen LogP contribution in [0.25, 0.3) is 0 Å². The number of nitrogens with zero attached hydrogens (tertiary/aromatic N) is 1. The number of aliphatic hydroxyl groups excluding tert-OH is 1. The smallest absolute Gasteiger partial charge is 0.269 e. The molecule has 0 amide bonds. The number of rotatable bonds is 4. The zero-order valence-corrected chi connectivity index (χ0v) is 8.64. The molecular formula is C11H14NO3. The quantitative estimate of drug-likeness (QED) is 0.608. The van der Waals surface area contributed by atoms with Gasteiger partial charge in [-0.05, 0) is 24.5 Å². The number of hydrogen-bond donors (Lipinski definition) is 1. The summed E-state index contributed by atoms with van der Waals surface area (Å²) < 4.78 is 0. The Hall–Kier alpha value is -1.42. The van der Waals surface area contributed by atoms with Crippen LogP contribution in [0.1, 0.15) is 24.0 Å². The monoisotopic (exact) mass is 208 g/mol. The van der Waals surface area contributed by atoms with Gasteiger partial charge in [-0.25, -0.2) is 0 Å². The first kappa shape index (κ1) is 11.7. The highest BCUT2D eigenvalue weighted by Crippen LogP contribution is 2.24. The molecule has 0 fully saturated rings. The fourth-order valence-corrected chi connectivity index (χ4v) is 1.50. The second kappa shape index (κ2) is 4.89. The maximum absolute atomic E-state index is 10.6. The number of nitro groups is 1. The van der Waals surface area contributed by atoms with Crippen molar-refractivity contribution in [1.29, 1.82) is 0 Å². The summed E-state index contributed by atoms with van der Waals surface area (Å²) in [7, 11) is 0. The maximum Gasteiger partial charge on any atom is 0.269 e. The van der Waals surface area contributed by atoms with Crippen LogP contribution in [-0.4, -0.2) is 16.6 Å². The molecule has 1 N–H and O–H groups in total. The van der Waals surface area contributed by atoms with Crippen molar-refractivity contribution in [2.24, 2.45) is 0 Å². The third-order valence-corrected chi connectivity index (χ3v) is 2.38. The van der Waals surface area contributed by atoms with Gasteiger partial charge in [-0.3, -0.25) is 10.1 Å². The summed E-state index contributed by atoms with van der Waals surface area (Å²) in [6.45, 7) is 5.63. The highest BCUT2D eigenvalue weighted by molar-refractivity contribution is 5.42. The molecule has 1 atom stereocenters. The topological polar surface area (TPSA) is 63.4 Å². The molecule has 0 aliphatic carbocycles. The molecule has 0 bridgehead atoms. The fourth-order valence-electron chi connectivity index (χ4n) is 1.50. The van der Waals surface area contributed by atoms with Crippen molar-refractivity contribution in [3.8, 4) is 0 Å². The van der Waals surface area contributed by atoms with Crippen molar-refractivity contribution < 1.29 is 10.0 Å². The average Bonchev–Trinajstić information content (AvgIpc) is 2.27. The maximum atomic E-state index is 10.6. The molecule has 1 aromatic carbocycles. The molecular weight excluding hydrogens is 194 g/mol. The number of aliphatic hydroxyl groups is 1. The average molecular weight is 208 g/mol. The molecule has 1 unspecified atom stereocenters. The largest absolute Gasteiger partial charge is 0.396 e. The second-order valence-electron chi connectivity index (χ2n) is 3.37. The first-order valence-electron chi connectivity index (χ1n) is 4.81. The Labute approximate surface area is 88.7 Å². The number of non-ortho nitro benzene ring substituents is 1. The third-order valence-electron chi connectivity index (χ3n) is 2.38. The Kier molecular flexibility index (Phi) is 3.80. The molecule has 0 saturated carbocycles. The van der Waals surface area contributed by atoms with Crippen LogP contribution in [0.15, 0.2) is 18.2 Å². The van der Waals surface area contributed by atoms with Gasteiger partial charge in [0.15, 0.2) is 0 Å².